The molecule has 2 N–H and O–H groups in total. The van der Waals surface area contributed by atoms with Gasteiger partial charge in [0.1, 0.15) is 0 Å². The molecule has 2 aliphatic rings. The predicted molar refractivity (Wildman–Crippen MR) is 67.8 cm³/mol. The average molecular weight is 266 g/mol. The van der Waals surface area contributed by atoms with Gasteiger partial charge in [-0.15, -0.1) is 0 Å². The Bertz CT molecular complexity index is 251. The third-order valence-corrected chi connectivity index (χ3v) is 5.83. The lowest BCUT2D eigenvalue weighted by Crippen LogP contribution is -2.18. The molecule has 0 saturated carbocycles. The summed E-state index contributed by atoms with van der Waals surface area (Å²) in [5.41, 5.74) is 6.27. The molecule has 4 nitrogen and oxygen atoms in total. The van der Waals surface area contributed by atoms with Gasteiger partial charge < -0.3 is 10.9 Å². The number of nitrogens with zero attached hydrogens (tertiary/aromatic N) is 2. The molecule has 0 radical (unpaired) electrons. The lowest BCUT2D eigenvalue weighted by atomic mass is 10.7. The highest BCUT2D eigenvalue weighted by Crippen LogP contribution is 2.42. The number of hydrogen-bond donors (Lipinski definition) is 2. The molecule has 0 aromatic heterocycles. The summed E-state index contributed by atoms with van der Waals surface area (Å²) in [6, 6.07) is 0. The van der Waals surface area contributed by atoms with Crippen LogP contribution in [-0.4, -0.2) is 7.64 Å². The first-order valence-corrected chi connectivity index (χ1v) is 7.52. The van der Waals surface area contributed by atoms with Crippen molar-refractivity contribution in [2.75, 3.05) is 0 Å². The summed E-state index contributed by atoms with van der Waals surface area (Å²) in [5.74, 6) is 0. The molecule has 2 aliphatic heterocycles. The minimum Gasteiger partial charge on any atom is -0.305 e. The van der Waals surface area contributed by atoms with E-state index in [1.54, 1.807) is 45.9 Å². The Morgan fingerprint density at radius 2 is 1.43 bits per heavy atom. The van der Waals surface area contributed by atoms with Crippen molar-refractivity contribution >= 4 is 45.9 Å². The highest BCUT2D eigenvalue weighted by molar-refractivity contribution is 8.77. The lowest BCUT2D eigenvalue weighted by molar-refractivity contribution is 0.662. The van der Waals surface area contributed by atoms with Crippen LogP contribution < -0.4 is 10.9 Å². The Balaban J connectivity index is 1.65. The molecule has 14 heavy (non-hydrogen) atoms. The normalized spacial score (nSPS) is 23.0. The van der Waals surface area contributed by atoms with Gasteiger partial charge in [-0.1, -0.05) is 7.64 Å². The van der Waals surface area contributed by atoms with E-state index in [-0.39, 0.29) is 0 Å². The summed E-state index contributed by atoms with van der Waals surface area (Å²) in [5, 5.41) is 0. The largest absolute Gasteiger partial charge is 0.305 e. The Kier molecular flexibility index (Phi) is 3.86. The molecule has 2 rings (SSSR count). The van der Waals surface area contributed by atoms with Crippen molar-refractivity contribution in [2.24, 2.45) is 0 Å². The first-order chi connectivity index (χ1) is 6.74. The van der Waals surface area contributed by atoms with Crippen LogP contribution in [0, 0.1) is 0 Å². The van der Waals surface area contributed by atoms with Crippen LogP contribution in [0.2, 0.25) is 0 Å². The van der Waals surface area contributed by atoms with Crippen LogP contribution in [0.15, 0.2) is 22.2 Å². The minimum absolute atomic E-state index is 1.27. The second-order valence-corrected chi connectivity index (χ2v) is 7.38. The van der Waals surface area contributed by atoms with Crippen LogP contribution >= 0.6 is 45.9 Å². The quantitative estimate of drug-likeness (QED) is 0.596. The molecule has 0 aromatic carbocycles. The van der Waals surface area contributed by atoms with Crippen molar-refractivity contribution in [3.05, 3.63) is 22.2 Å². The van der Waals surface area contributed by atoms with Crippen molar-refractivity contribution in [3.8, 4) is 0 Å². The van der Waals surface area contributed by atoms with Crippen molar-refractivity contribution in [1.82, 2.24) is 18.5 Å². The van der Waals surface area contributed by atoms with E-state index in [1.165, 1.54) is 9.81 Å². The maximum absolute atomic E-state index is 3.14. The van der Waals surface area contributed by atoms with Crippen LogP contribution in [0.4, 0.5) is 0 Å². The summed E-state index contributed by atoms with van der Waals surface area (Å²) >= 11 is 3.39. The Hall–Kier alpha value is 0.400. The van der Waals surface area contributed by atoms with Gasteiger partial charge in [-0.25, -0.2) is 0 Å². The van der Waals surface area contributed by atoms with E-state index in [9.17, 15) is 0 Å². The topological polar surface area (TPSA) is 30.5 Å². The van der Waals surface area contributed by atoms with Crippen LogP contribution in [0.5, 0.6) is 0 Å². The van der Waals surface area contributed by atoms with E-state index in [2.05, 4.69) is 24.7 Å². The zero-order valence-electron chi connectivity index (χ0n) is 7.68. The highest BCUT2D eigenvalue weighted by Gasteiger charge is 2.18. The molecule has 0 saturated heterocycles. The van der Waals surface area contributed by atoms with Gasteiger partial charge in [0.05, 0.1) is 0 Å². The summed E-state index contributed by atoms with van der Waals surface area (Å²) in [6.07, 6.45) is 3.98. The predicted octanol–water partition coefficient (Wildman–Crippen LogP) is 2.86. The second kappa shape index (κ2) is 4.95. The molecule has 78 valence electrons. The molecule has 0 aromatic rings. The molecule has 2 heterocycles. The number of nitrogens with one attached hydrogen (secondary N) is 2. The molecule has 0 unspecified atom stereocenters. The van der Waals surface area contributed by atoms with E-state index in [0.717, 1.165) is 0 Å². The van der Waals surface area contributed by atoms with Gasteiger partial charge in [-0.3, -0.25) is 0 Å². The van der Waals surface area contributed by atoms with Crippen LogP contribution in [0.3, 0.4) is 0 Å². The van der Waals surface area contributed by atoms with Crippen LogP contribution in [-0.2, 0) is 0 Å². The molecule has 0 bridgehead atoms. The van der Waals surface area contributed by atoms with Crippen molar-refractivity contribution in [1.29, 1.82) is 0 Å². The molecule has 8 heteroatoms. The van der Waals surface area contributed by atoms with E-state index >= 15 is 0 Å². The molecule has 0 atom stereocenters. The van der Waals surface area contributed by atoms with Crippen molar-refractivity contribution in [2.45, 2.75) is 13.8 Å². The Labute approximate surface area is 100 Å². The standard InChI is InChI=1S/C6H10N4S4/c1-5-3-7-9(11-5)13-14-10-8-4-6(2)12-10/h3-4,7-8H,1-2H3. The van der Waals surface area contributed by atoms with Gasteiger partial charge in [-0.05, 0) is 37.7 Å². The number of hydrogen-bond acceptors (Lipinski definition) is 8. The molecule has 0 fully saturated rings. The fourth-order valence-electron chi connectivity index (χ4n) is 0.788. The van der Waals surface area contributed by atoms with E-state index in [1.807, 2.05) is 20.0 Å². The van der Waals surface area contributed by atoms with Gasteiger partial charge >= 0.3 is 0 Å². The van der Waals surface area contributed by atoms with Gasteiger partial charge in [-0.2, -0.15) is 0 Å². The zero-order valence-corrected chi connectivity index (χ0v) is 10.9. The van der Waals surface area contributed by atoms with Gasteiger partial charge in [0.2, 0.25) is 0 Å². The maximum Gasteiger partial charge on any atom is 0.0438 e. The minimum atomic E-state index is 1.27. The zero-order chi connectivity index (χ0) is 9.97. The van der Waals surface area contributed by atoms with Gasteiger partial charge in [0, 0.05) is 44.2 Å². The monoisotopic (exact) mass is 266 g/mol. The summed E-state index contributed by atoms with van der Waals surface area (Å²) in [6.45, 7) is 4.16. The van der Waals surface area contributed by atoms with Crippen molar-refractivity contribution < 1.29 is 0 Å². The Morgan fingerprint density at radius 3 is 1.71 bits per heavy atom. The fraction of sp³-hybridized carbons (Fsp3) is 0.333. The average Bonchev–Trinajstić information content (AvgIpc) is 2.72. The summed E-state index contributed by atoms with van der Waals surface area (Å²) in [4.78, 5) is 2.55. The fourth-order valence-corrected chi connectivity index (χ4v) is 4.65. The smallest absolute Gasteiger partial charge is 0.0438 e. The maximum atomic E-state index is 3.14. The molecule has 0 aliphatic carbocycles. The number of rotatable bonds is 3. The molecule has 0 amide bonds. The SMILES string of the molecule is CC1=CNN(SSN2NC=C(C)S2)S1. The third kappa shape index (κ3) is 2.94. The van der Waals surface area contributed by atoms with E-state index < -0.39 is 0 Å². The van der Waals surface area contributed by atoms with Gasteiger partial charge in [0.25, 0.3) is 0 Å². The van der Waals surface area contributed by atoms with E-state index in [0.29, 0.717) is 0 Å². The van der Waals surface area contributed by atoms with Crippen molar-refractivity contribution in [3.63, 3.8) is 0 Å². The second-order valence-electron chi connectivity index (χ2n) is 2.61. The number of allylic oxidation sites excluding steroid dienone is 2. The first kappa shape index (κ1) is 10.9. The molecular formula is C6H10N4S4. The number of hydrazine groups is 2. The summed E-state index contributed by atoms with van der Waals surface area (Å²) < 4.78 is 4.02. The molecule has 0 spiro atoms. The molecular weight excluding hydrogens is 256 g/mol. The van der Waals surface area contributed by atoms with Crippen LogP contribution in [0.1, 0.15) is 13.8 Å². The Morgan fingerprint density at radius 1 is 1.00 bits per heavy atom. The third-order valence-electron chi connectivity index (χ3n) is 1.37. The highest BCUT2D eigenvalue weighted by atomic mass is 33.1. The lowest BCUT2D eigenvalue weighted by Gasteiger charge is -2.16. The first-order valence-electron chi connectivity index (χ1n) is 3.91. The van der Waals surface area contributed by atoms with Crippen LogP contribution in [0.25, 0.3) is 0 Å². The summed E-state index contributed by atoms with van der Waals surface area (Å²) in [7, 11) is 3.29. The van der Waals surface area contributed by atoms with E-state index in [4.69, 9.17) is 0 Å². The van der Waals surface area contributed by atoms with Gasteiger partial charge in [0.15, 0.2) is 0 Å².